The molecular weight excluding hydrogens is 198 g/mol. The lowest BCUT2D eigenvalue weighted by molar-refractivity contribution is 0.189. The van der Waals surface area contributed by atoms with Gasteiger partial charge in [0.15, 0.2) is 0 Å². The summed E-state index contributed by atoms with van der Waals surface area (Å²) in [5, 5.41) is 9.25. The quantitative estimate of drug-likeness (QED) is 0.818. The molecule has 0 amide bonds. The Labute approximate surface area is 97.5 Å². The Hall–Kier alpha value is -0.860. The first kappa shape index (κ1) is 11.6. The van der Waals surface area contributed by atoms with Crippen LogP contribution >= 0.6 is 0 Å². The van der Waals surface area contributed by atoms with E-state index in [-0.39, 0.29) is 6.61 Å². The van der Waals surface area contributed by atoms with Gasteiger partial charge in [-0.15, -0.1) is 0 Å². The highest BCUT2D eigenvalue weighted by Gasteiger charge is 2.27. The summed E-state index contributed by atoms with van der Waals surface area (Å²) in [6, 6.07) is 8.64. The SMILES string of the molecule is C[C@](N)(CO)C[C@@H]1CCCc2ccccc21. The second-order valence-corrected chi connectivity index (χ2v) is 5.30. The predicted molar refractivity (Wildman–Crippen MR) is 66.4 cm³/mol. The van der Waals surface area contributed by atoms with Crippen LogP contribution in [-0.4, -0.2) is 17.3 Å². The zero-order valence-electron chi connectivity index (χ0n) is 9.95. The number of hydrogen-bond acceptors (Lipinski definition) is 2. The summed E-state index contributed by atoms with van der Waals surface area (Å²) >= 11 is 0. The maximum atomic E-state index is 9.25. The van der Waals surface area contributed by atoms with Crippen molar-refractivity contribution in [3.05, 3.63) is 35.4 Å². The summed E-state index contributed by atoms with van der Waals surface area (Å²) in [4.78, 5) is 0. The largest absolute Gasteiger partial charge is 0.394 e. The molecule has 2 atom stereocenters. The average molecular weight is 219 g/mol. The summed E-state index contributed by atoms with van der Waals surface area (Å²) in [5.74, 6) is 0.520. The molecule has 0 saturated heterocycles. The smallest absolute Gasteiger partial charge is 0.0608 e. The summed E-state index contributed by atoms with van der Waals surface area (Å²) < 4.78 is 0. The summed E-state index contributed by atoms with van der Waals surface area (Å²) in [5.41, 5.74) is 8.51. The second kappa shape index (κ2) is 4.56. The number of aliphatic hydroxyl groups is 1. The molecule has 1 aliphatic carbocycles. The van der Waals surface area contributed by atoms with E-state index in [0.29, 0.717) is 5.92 Å². The molecule has 1 aromatic carbocycles. The van der Waals surface area contributed by atoms with Gasteiger partial charge < -0.3 is 10.8 Å². The highest BCUT2D eigenvalue weighted by atomic mass is 16.3. The Morgan fingerprint density at radius 3 is 2.94 bits per heavy atom. The molecule has 0 aliphatic heterocycles. The lowest BCUT2D eigenvalue weighted by Crippen LogP contribution is -2.42. The molecule has 3 N–H and O–H groups in total. The zero-order valence-corrected chi connectivity index (χ0v) is 9.95. The zero-order chi connectivity index (χ0) is 11.6. The minimum atomic E-state index is -0.449. The molecule has 0 radical (unpaired) electrons. The Balaban J connectivity index is 2.19. The highest BCUT2D eigenvalue weighted by Crippen LogP contribution is 2.36. The topological polar surface area (TPSA) is 46.2 Å². The van der Waals surface area contributed by atoms with E-state index in [0.717, 1.165) is 6.42 Å². The van der Waals surface area contributed by atoms with Crippen LogP contribution in [0.2, 0.25) is 0 Å². The normalized spacial score (nSPS) is 23.6. The minimum absolute atomic E-state index is 0.0612. The van der Waals surface area contributed by atoms with Crippen LogP contribution in [-0.2, 0) is 6.42 Å². The van der Waals surface area contributed by atoms with Crippen molar-refractivity contribution in [3.8, 4) is 0 Å². The predicted octanol–water partition coefficient (Wildman–Crippen LogP) is 2.21. The van der Waals surface area contributed by atoms with Gasteiger partial charge in [-0.05, 0) is 49.7 Å². The van der Waals surface area contributed by atoms with Gasteiger partial charge in [0.25, 0.3) is 0 Å². The van der Waals surface area contributed by atoms with Gasteiger partial charge in [0.2, 0.25) is 0 Å². The van der Waals surface area contributed by atoms with E-state index < -0.39 is 5.54 Å². The van der Waals surface area contributed by atoms with Crippen LogP contribution in [0.25, 0.3) is 0 Å². The third-order valence-corrected chi connectivity index (χ3v) is 3.57. The molecule has 2 heteroatoms. The Morgan fingerprint density at radius 2 is 2.19 bits per heavy atom. The van der Waals surface area contributed by atoms with Crippen LogP contribution in [0.15, 0.2) is 24.3 Å². The molecule has 1 aliphatic rings. The van der Waals surface area contributed by atoms with E-state index in [1.54, 1.807) is 0 Å². The fourth-order valence-electron chi connectivity index (χ4n) is 2.69. The number of aliphatic hydroxyl groups excluding tert-OH is 1. The molecule has 2 nitrogen and oxygen atoms in total. The number of fused-ring (bicyclic) bond motifs is 1. The van der Waals surface area contributed by atoms with E-state index >= 15 is 0 Å². The van der Waals surface area contributed by atoms with Crippen molar-refractivity contribution in [1.82, 2.24) is 0 Å². The molecule has 1 aromatic rings. The van der Waals surface area contributed by atoms with Crippen molar-refractivity contribution in [1.29, 1.82) is 0 Å². The van der Waals surface area contributed by atoms with Crippen molar-refractivity contribution in [3.63, 3.8) is 0 Å². The molecule has 0 unspecified atom stereocenters. The summed E-state index contributed by atoms with van der Waals surface area (Å²) in [7, 11) is 0. The summed E-state index contributed by atoms with van der Waals surface area (Å²) in [6.07, 6.45) is 4.50. The van der Waals surface area contributed by atoms with Crippen LogP contribution in [0.5, 0.6) is 0 Å². The lowest BCUT2D eigenvalue weighted by Gasteiger charge is -2.32. The molecule has 0 aromatic heterocycles. The third kappa shape index (κ3) is 2.45. The molecule has 88 valence electrons. The van der Waals surface area contributed by atoms with Gasteiger partial charge in [0.1, 0.15) is 0 Å². The van der Waals surface area contributed by atoms with Crippen molar-refractivity contribution < 1.29 is 5.11 Å². The number of rotatable bonds is 3. The van der Waals surface area contributed by atoms with Crippen molar-refractivity contribution >= 4 is 0 Å². The van der Waals surface area contributed by atoms with E-state index in [2.05, 4.69) is 24.3 Å². The lowest BCUT2D eigenvalue weighted by atomic mass is 9.77. The molecule has 2 rings (SSSR count). The first-order chi connectivity index (χ1) is 7.62. The van der Waals surface area contributed by atoms with Crippen LogP contribution in [0, 0.1) is 0 Å². The number of nitrogens with two attached hydrogens (primary N) is 1. The number of aryl methyl sites for hydroxylation is 1. The average Bonchev–Trinajstić information content (AvgIpc) is 2.29. The van der Waals surface area contributed by atoms with Crippen molar-refractivity contribution in [2.45, 2.75) is 44.1 Å². The first-order valence-electron chi connectivity index (χ1n) is 6.10. The molecule has 0 fully saturated rings. The Morgan fingerprint density at radius 1 is 1.44 bits per heavy atom. The van der Waals surface area contributed by atoms with E-state index in [1.165, 1.54) is 30.4 Å². The molecule has 16 heavy (non-hydrogen) atoms. The van der Waals surface area contributed by atoms with Crippen LogP contribution in [0.1, 0.15) is 43.2 Å². The van der Waals surface area contributed by atoms with E-state index in [4.69, 9.17) is 5.73 Å². The molecule has 0 spiro atoms. The summed E-state index contributed by atoms with van der Waals surface area (Å²) in [6.45, 7) is 2.00. The van der Waals surface area contributed by atoms with Gasteiger partial charge in [-0.2, -0.15) is 0 Å². The van der Waals surface area contributed by atoms with Crippen LogP contribution in [0.4, 0.5) is 0 Å². The van der Waals surface area contributed by atoms with Crippen molar-refractivity contribution in [2.24, 2.45) is 5.73 Å². The standard InChI is InChI=1S/C14H21NO/c1-14(15,10-16)9-12-7-4-6-11-5-2-3-8-13(11)12/h2-3,5,8,12,16H,4,6-7,9-10,15H2,1H3/t12-,14+/m0/s1. The Kier molecular flexibility index (Phi) is 3.31. The molecular formula is C14H21NO. The van der Waals surface area contributed by atoms with Gasteiger partial charge in [-0.1, -0.05) is 24.3 Å². The van der Waals surface area contributed by atoms with E-state index in [9.17, 15) is 5.11 Å². The fraction of sp³-hybridized carbons (Fsp3) is 0.571. The van der Waals surface area contributed by atoms with E-state index in [1.807, 2.05) is 6.92 Å². The molecule has 0 heterocycles. The van der Waals surface area contributed by atoms with Crippen molar-refractivity contribution in [2.75, 3.05) is 6.61 Å². The van der Waals surface area contributed by atoms with Gasteiger partial charge in [-0.25, -0.2) is 0 Å². The minimum Gasteiger partial charge on any atom is -0.394 e. The monoisotopic (exact) mass is 219 g/mol. The number of benzene rings is 1. The highest BCUT2D eigenvalue weighted by molar-refractivity contribution is 5.32. The number of hydrogen-bond donors (Lipinski definition) is 2. The van der Waals surface area contributed by atoms with Gasteiger partial charge in [-0.3, -0.25) is 0 Å². The van der Waals surface area contributed by atoms with Gasteiger partial charge in [0.05, 0.1) is 6.61 Å². The van der Waals surface area contributed by atoms with Crippen LogP contribution in [0.3, 0.4) is 0 Å². The Bertz CT molecular complexity index is 360. The first-order valence-corrected chi connectivity index (χ1v) is 6.10. The maximum absolute atomic E-state index is 9.25. The third-order valence-electron chi connectivity index (χ3n) is 3.57. The second-order valence-electron chi connectivity index (χ2n) is 5.30. The van der Waals surface area contributed by atoms with Gasteiger partial charge >= 0.3 is 0 Å². The fourth-order valence-corrected chi connectivity index (χ4v) is 2.69. The van der Waals surface area contributed by atoms with Gasteiger partial charge in [0, 0.05) is 5.54 Å². The van der Waals surface area contributed by atoms with Crippen LogP contribution < -0.4 is 5.73 Å². The molecule has 0 bridgehead atoms. The molecule has 0 saturated carbocycles. The maximum Gasteiger partial charge on any atom is 0.0608 e.